The van der Waals surface area contributed by atoms with E-state index in [2.05, 4.69) is 0 Å². The summed E-state index contributed by atoms with van der Waals surface area (Å²) in [5, 5.41) is 0. The van der Waals surface area contributed by atoms with Crippen molar-refractivity contribution in [3.63, 3.8) is 0 Å². The highest BCUT2D eigenvalue weighted by Gasteiger charge is 2.40. The summed E-state index contributed by atoms with van der Waals surface area (Å²) in [5.74, 6) is -0.525. The van der Waals surface area contributed by atoms with Crippen LogP contribution < -0.4 is 0 Å². The molecule has 0 radical (unpaired) electrons. The first kappa shape index (κ1) is 12.3. The monoisotopic (exact) mass is 278 g/mol. The minimum Gasteiger partial charge on any atom is -0.316 e. The summed E-state index contributed by atoms with van der Waals surface area (Å²) in [6.45, 7) is -4.61. The molecular formula is C6H6Cl2FO3PS. The summed E-state index contributed by atoms with van der Waals surface area (Å²) in [5.41, 5.74) is 0. The molecule has 2 N–H and O–H groups in total. The fourth-order valence-electron chi connectivity index (χ4n) is 0.736. The van der Waals surface area contributed by atoms with Crippen LogP contribution in [0.5, 0.6) is 0 Å². The Bertz CT molecular complexity index is 377. The van der Waals surface area contributed by atoms with Crippen molar-refractivity contribution in [1.29, 1.82) is 0 Å². The molecule has 0 heterocycles. The highest BCUT2D eigenvalue weighted by molar-refractivity contribution is 8.97. The molecule has 0 spiro atoms. The van der Waals surface area contributed by atoms with Gasteiger partial charge in [0, 0.05) is 13.0 Å². The molecule has 80 valence electrons. The summed E-state index contributed by atoms with van der Waals surface area (Å²) < 4.78 is 23.4. The van der Waals surface area contributed by atoms with E-state index in [1.807, 2.05) is 0 Å². The van der Waals surface area contributed by atoms with Crippen LogP contribution in [0.4, 0.5) is 4.39 Å². The average Bonchev–Trinajstić information content (AvgIpc) is 2.03. The molecule has 1 rings (SSSR count). The fraction of sp³-hybridized carbons (Fsp3) is 0. The Balaban J connectivity index is 3.17. The normalized spacial score (nSPS) is 14.1. The second kappa shape index (κ2) is 4.00. The maximum atomic E-state index is 12.5. The molecule has 0 bridgehead atoms. The molecule has 1 aromatic rings. The third-order valence-corrected chi connectivity index (χ3v) is 9.56. The van der Waals surface area contributed by atoms with Gasteiger partial charge in [0.1, 0.15) is 5.82 Å². The molecule has 0 fully saturated rings. The van der Waals surface area contributed by atoms with Crippen molar-refractivity contribution < 1.29 is 18.7 Å². The van der Waals surface area contributed by atoms with E-state index < -0.39 is 20.7 Å². The molecule has 8 heteroatoms. The lowest BCUT2D eigenvalue weighted by Gasteiger charge is -2.25. The van der Waals surface area contributed by atoms with E-state index in [1.165, 1.54) is 0 Å². The lowest BCUT2D eigenvalue weighted by atomic mass is 10.4. The molecule has 3 nitrogen and oxygen atoms in total. The minimum absolute atomic E-state index is 0.0376. The molecule has 0 aromatic heterocycles. The van der Waals surface area contributed by atoms with Crippen LogP contribution in [0.3, 0.4) is 0 Å². The van der Waals surface area contributed by atoms with Gasteiger partial charge in [0.15, 0.2) is 0 Å². The predicted octanol–water partition coefficient (Wildman–Crippen LogP) is 3.39. The lowest BCUT2D eigenvalue weighted by molar-refractivity contribution is 0.396. The van der Waals surface area contributed by atoms with Crippen molar-refractivity contribution in [2.45, 2.75) is 4.90 Å². The van der Waals surface area contributed by atoms with Gasteiger partial charge in [-0.15, -0.1) is 0 Å². The van der Waals surface area contributed by atoms with Gasteiger partial charge in [0.25, 0.3) is 0 Å². The van der Waals surface area contributed by atoms with E-state index in [-0.39, 0.29) is 4.90 Å². The molecule has 0 aliphatic heterocycles. The van der Waals surface area contributed by atoms with Gasteiger partial charge in [-0.25, -0.2) is 8.96 Å². The van der Waals surface area contributed by atoms with E-state index >= 15 is 0 Å². The largest absolute Gasteiger partial charge is 0.396 e. The van der Waals surface area contributed by atoms with E-state index in [0.29, 0.717) is 0 Å². The van der Waals surface area contributed by atoms with Gasteiger partial charge in [0.05, 0.1) is 0 Å². The van der Waals surface area contributed by atoms with Gasteiger partial charge >= 0.3 is 6.80 Å². The summed E-state index contributed by atoms with van der Waals surface area (Å²) in [6.07, 6.45) is 0. The topological polar surface area (TPSA) is 57.5 Å². The van der Waals surface area contributed by atoms with Gasteiger partial charge in [-0.3, -0.25) is 0 Å². The Kier molecular flexibility index (Phi) is 3.52. The Hall–Kier alpha value is 0.230. The minimum atomic E-state index is -4.61. The number of halogens is 3. The van der Waals surface area contributed by atoms with Gasteiger partial charge in [-0.2, -0.15) is 0 Å². The fourth-order valence-corrected chi connectivity index (χ4v) is 3.28. The summed E-state index contributed by atoms with van der Waals surface area (Å²) >= 11 is 0. The molecule has 0 aliphatic carbocycles. The molecule has 0 unspecified atom stereocenters. The zero-order valence-corrected chi connectivity index (χ0v) is 9.82. The highest BCUT2D eigenvalue weighted by atomic mass is 36.0. The van der Waals surface area contributed by atoms with E-state index in [0.717, 1.165) is 24.3 Å². The molecule has 1 aromatic carbocycles. The quantitative estimate of drug-likeness (QED) is 0.816. The summed E-state index contributed by atoms with van der Waals surface area (Å²) in [6, 6.07) is 4.39. The first-order chi connectivity index (χ1) is 6.25. The number of rotatable bonds is 2. The average molecular weight is 279 g/mol. The SMILES string of the molecule is O=P(O)(O)S(Cl)(Cl)c1ccc(F)cc1. The molecule has 0 aliphatic rings. The van der Waals surface area contributed by atoms with E-state index in [9.17, 15) is 8.96 Å². The zero-order valence-electron chi connectivity index (χ0n) is 6.60. The van der Waals surface area contributed by atoms with Crippen molar-refractivity contribution in [3.05, 3.63) is 30.1 Å². The number of benzene rings is 1. The first-order valence-corrected chi connectivity index (χ1v) is 8.79. The maximum Gasteiger partial charge on any atom is 0.396 e. The van der Waals surface area contributed by atoms with Crippen LogP contribution in [0, 0.1) is 5.82 Å². The van der Waals surface area contributed by atoms with Crippen LogP contribution in [-0.4, -0.2) is 9.79 Å². The first-order valence-electron chi connectivity index (χ1n) is 3.29. The Morgan fingerprint density at radius 1 is 1.21 bits per heavy atom. The van der Waals surface area contributed by atoms with Crippen LogP contribution in [0.1, 0.15) is 0 Å². The van der Waals surface area contributed by atoms with Crippen molar-refractivity contribution in [3.8, 4) is 0 Å². The predicted molar refractivity (Wildman–Crippen MR) is 56.0 cm³/mol. The standard InChI is InChI=1S/C6H6Cl2FO3PS/c7-14(8,13(10,11)12)6-3-1-5(9)2-4-6/h1-4H,(H2,10,11,12). The van der Waals surface area contributed by atoms with Gasteiger partial charge in [-0.1, -0.05) is 0 Å². The summed E-state index contributed by atoms with van der Waals surface area (Å²) in [7, 11) is 7.86. The van der Waals surface area contributed by atoms with E-state index in [1.54, 1.807) is 0 Å². The van der Waals surface area contributed by atoms with Gasteiger partial charge in [0.2, 0.25) is 0 Å². The van der Waals surface area contributed by atoms with Gasteiger partial charge < -0.3 is 9.79 Å². The van der Waals surface area contributed by atoms with Crippen LogP contribution >= 0.6 is 36.2 Å². The zero-order chi connectivity index (χ0) is 11.0. The molecule has 0 saturated carbocycles. The van der Waals surface area contributed by atoms with Gasteiger partial charge in [-0.05, 0) is 45.6 Å². The third-order valence-electron chi connectivity index (χ3n) is 1.40. The third kappa shape index (κ3) is 2.42. The smallest absolute Gasteiger partial charge is 0.316 e. The molecule has 0 atom stereocenters. The second-order valence-corrected chi connectivity index (χ2v) is 12.3. The van der Waals surface area contributed by atoms with Crippen molar-refractivity contribution in [1.82, 2.24) is 0 Å². The molecular weight excluding hydrogens is 273 g/mol. The number of hydrogen-bond donors (Lipinski definition) is 2. The van der Waals surface area contributed by atoms with Crippen molar-refractivity contribution in [2.75, 3.05) is 0 Å². The van der Waals surface area contributed by atoms with Crippen LogP contribution in [0.15, 0.2) is 29.2 Å². The summed E-state index contributed by atoms with van der Waals surface area (Å²) in [4.78, 5) is 17.8. The van der Waals surface area contributed by atoms with Crippen molar-refractivity contribution >= 4 is 36.2 Å². The molecule has 14 heavy (non-hydrogen) atoms. The van der Waals surface area contributed by atoms with Crippen LogP contribution in [0.25, 0.3) is 0 Å². The lowest BCUT2D eigenvalue weighted by Crippen LogP contribution is -1.87. The molecule has 0 amide bonds. The van der Waals surface area contributed by atoms with Crippen LogP contribution in [0.2, 0.25) is 0 Å². The Morgan fingerprint density at radius 3 is 2.00 bits per heavy atom. The second-order valence-electron chi connectivity index (χ2n) is 2.39. The molecule has 0 saturated heterocycles. The maximum absolute atomic E-state index is 12.5. The highest BCUT2D eigenvalue weighted by Crippen LogP contribution is 2.87. The van der Waals surface area contributed by atoms with E-state index in [4.69, 9.17) is 31.2 Å². The van der Waals surface area contributed by atoms with Crippen LogP contribution in [-0.2, 0) is 4.57 Å². The number of hydrogen-bond acceptors (Lipinski definition) is 1. The van der Waals surface area contributed by atoms with Crippen molar-refractivity contribution in [2.24, 2.45) is 0 Å². The Morgan fingerprint density at radius 2 is 1.64 bits per heavy atom. The Labute approximate surface area is 90.1 Å².